The van der Waals surface area contributed by atoms with Crippen molar-refractivity contribution >= 4 is 34.1 Å². The van der Waals surface area contributed by atoms with Crippen LogP contribution in [-0.4, -0.2) is 40.9 Å². The minimum atomic E-state index is -1.02. The molecule has 21 heavy (non-hydrogen) atoms. The van der Waals surface area contributed by atoms with E-state index in [2.05, 4.69) is 5.32 Å². The molecule has 1 saturated carbocycles. The predicted octanol–water partition coefficient (Wildman–Crippen LogP) is 2.03. The van der Waals surface area contributed by atoms with Crippen molar-refractivity contribution in [3.05, 3.63) is 17.0 Å². The monoisotopic (exact) mass is 310 g/mol. The Labute approximate surface area is 126 Å². The molecule has 1 aliphatic rings. The Morgan fingerprint density at radius 2 is 2.10 bits per heavy atom. The van der Waals surface area contributed by atoms with Crippen LogP contribution < -0.4 is 5.32 Å². The lowest BCUT2D eigenvalue weighted by Crippen LogP contribution is -2.41. The first kappa shape index (κ1) is 15.5. The van der Waals surface area contributed by atoms with Crippen molar-refractivity contribution in [2.45, 2.75) is 32.2 Å². The first-order valence-corrected chi connectivity index (χ1v) is 7.66. The standard InChI is InChI=1S/C14H18N2O4S/c1-3-9(14(19)20)16(2)13(18)10-6-7-11(21-10)15-12(17)8-4-5-8/h6-9H,3-5H2,1-2H3,(H,15,17)(H,19,20). The van der Waals surface area contributed by atoms with Crippen LogP contribution in [0.3, 0.4) is 0 Å². The van der Waals surface area contributed by atoms with Gasteiger partial charge in [0.2, 0.25) is 5.91 Å². The number of nitrogens with zero attached hydrogens (tertiary/aromatic N) is 1. The van der Waals surface area contributed by atoms with Gasteiger partial charge in [-0.25, -0.2) is 4.79 Å². The van der Waals surface area contributed by atoms with E-state index in [0.29, 0.717) is 16.3 Å². The maximum atomic E-state index is 12.3. The Bertz CT molecular complexity index is 565. The summed E-state index contributed by atoms with van der Waals surface area (Å²) in [5, 5.41) is 12.5. The van der Waals surface area contributed by atoms with Gasteiger partial charge in [-0.15, -0.1) is 11.3 Å². The number of likely N-dealkylation sites (N-methyl/N-ethyl adjacent to an activating group) is 1. The predicted molar refractivity (Wildman–Crippen MR) is 79.5 cm³/mol. The summed E-state index contributed by atoms with van der Waals surface area (Å²) in [6.45, 7) is 1.72. The minimum Gasteiger partial charge on any atom is -0.480 e. The van der Waals surface area contributed by atoms with Crippen LogP contribution in [0.5, 0.6) is 0 Å². The molecule has 2 rings (SSSR count). The minimum absolute atomic E-state index is 0.0128. The zero-order valence-corrected chi connectivity index (χ0v) is 12.8. The first-order chi connectivity index (χ1) is 9.93. The number of hydrogen-bond acceptors (Lipinski definition) is 4. The van der Waals surface area contributed by atoms with Gasteiger partial charge in [0.15, 0.2) is 0 Å². The molecule has 0 radical (unpaired) electrons. The zero-order chi connectivity index (χ0) is 15.6. The molecule has 114 valence electrons. The number of carbonyl (C=O) groups excluding carboxylic acids is 2. The Morgan fingerprint density at radius 3 is 2.62 bits per heavy atom. The Kier molecular flexibility index (Phi) is 4.62. The average molecular weight is 310 g/mol. The van der Waals surface area contributed by atoms with Crippen molar-refractivity contribution in [2.24, 2.45) is 5.92 Å². The normalized spacial score (nSPS) is 15.3. The van der Waals surface area contributed by atoms with Crippen molar-refractivity contribution in [1.82, 2.24) is 4.90 Å². The maximum Gasteiger partial charge on any atom is 0.326 e. The first-order valence-electron chi connectivity index (χ1n) is 6.84. The number of thiophene rings is 1. The number of rotatable bonds is 6. The largest absolute Gasteiger partial charge is 0.480 e. The second-order valence-electron chi connectivity index (χ2n) is 5.11. The van der Waals surface area contributed by atoms with Gasteiger partial charge in [-0.05, 0) is 31.4 Å². The van der Waals surface area contributed by atoms with Crippen LogP contribution >= 0.6 is 11.3 Å². The van der Waals surface area contributed by atoms with Gasteiger partial charge in [0, 0.05) is 13.0 Å². The molecule has 7 heteroatoms. The van der Waals surface area contributed by atoms with Gasteiger partial charge < -0.3 is 15.3 Å². The lowest BCUT2D eigenvalue weighted by atomic mass is 10.2. The van der Waals surface area contributed by atoms with Crippen LogP contribution in [-0.2, 0) is 9.59 Å². The van der Waals surface area contributed by atoms with Gasteiger partial charge in [0.05, 0.1) is 9.88 Å². The van der Waals surface area contributed by atoms with Gasteiger partial charge >= 0.3 is 5.97 Å². The van der Waals surface area contributed by atoms with Crippen molar-refractivity contribution in [2.75, 3.05) is 12.4 Å². The van der Waals surface area contributed by atoms with E-state index in [1.165, 1.54) is 23.3 Å². The highest BCUT2D eigenvalue weighted by Crippen LogP contribution is 2.31. The fourth-order valence-electron chi connectivity index (χ4n) is 2.02. The molecule has 2 amide bonds. The van der Waals surface area contributed by atoms with Crippen molar-refractivity contribution < 1.29 is 19.5 Å². The van der Waals surface area contributed by atoms with Crippen molar-refractivity contribution in [3.8, 4) is 0 Å². The molecule has 0 spiro atoms. The number of carboxylic acid groups (broad SMARTS) is 1. The van der Waals surface area contributed by atoms with E-state index in [-0.39, 0.29) is 17.7 Å². The van der Waals surface area contributed by atoms with E-state index < -0.39 is 12.0 Å². The van der Waals surface area contributed by atoms with Gasteiger partial charge in [-0.3, -0.25) is 9.59 Å². The zero-order valence-electron chi connectivity index (χ0n) is 12.0. The maximum absolute atomic E-state index is 12.3. The number of carbonyl (C=O) groups is 3. The Hall–Kier alpha value is -1.89. The molecule has 1 atom stereocenters. The topological polar surface area (TPSA) is 86.7 Å². The molecular formula is C14H18N2O4S. The molecule has 1 unspecified atom stereocenters. The third kappa shape index (κ3) is 3.60. The molecule has 1 fully saturated rings. The van der Waals surface area contributed by atoms with E-state index in [0.717, 1.165) is 12.8 Å². The lowest BCUT2D eigenvalue weighted by molar-refractivity contribution is -0.142. The summed E-state index contributed by atoms with van der Waals surface area (Å²) in [5.74, 6) is -1.28. The van der Waals surface area contributed by atoms with Gasteiger partial charge in [0.25, 0.3) is 5.91 Å². The molecule has 1 aromatic rings. The fraction of sp³-hybridized carbons (Fsp3) is 0.500. The van der Waals surface area contributed by atoms with Crippen LogP contribution in [0.2, 0.25) is 0 Å². The quantitative estimate of drug-likeness (QED) is 0.841. The van der Waals surface area contributed by atoms with Crippen molar-refractivity contribution in [3.63, 3.8) is 0 Å². The summed E-state index contributed by atoms with van der Waals surface area (Å²) in [6, 6.07) is 2.44. The van der Waals surface area contributed by atoms with Crippen LogP contribution in [0.4, 0.5) is 5.00 Å². The third-order valence-electron chi connectivity index (χ3n) is 3.47. The van der Waals surface area contributed by atoms with E-state index in [1.54, 1.807) is 19.1 Å². The van der Waals surface area contributed by atoms with E-state index in [1.807, 2.05) is 0 Å². The van der Waals surface area contributed by atoms with E-state index in [4.69, 9.17) is 5.11 Å². The Balaban J connectivity index is 2.03. The highest BCUT2D eigenvalue weighted by molar-refractivity contribution is 7.18. The summed E-state index contributed by atoms with van der Waals surface area (Å²) in [7, 11) is 1.48. The molecule has 6 nitrogen and oxygen atoms in total. The number of carboxylic acids is 1. The molecule has 1 aromatic heterocycles. The third-order valence-corrected chi connectivity index (χ3v) is 4.46. The molecule has 2 N–H and O–H groups in total. The highest BCUT2D eigenvalue weighted by atomic mass is 32.1. The SMILES string of the molecule is CCC(C(=O)O)N(C)C(=O)c1ccc(NC(=O)C2CC2)s1. The van der Waals surface area contributed by atoms with Crippen LogP contribution in [0.15, 0.2) is 12.1 Å². The number of aliphatic carboxylic acids is 1. The number of nitrogens with one attached hydrogen (secondary N) is 1. The van der Waals surface area contributed by atoms with Gasteiger partial charge in [0.1, 0.15) is 6.04 Å². The van der Waals surface area contributed by atoms with Crippen LogP contribution in [0.1, 0.15) is 35.9 Å². The van der Waals surface area contributed by atoms with Crippen LogP contribution in [0.25, 0.3) is 0 Å². The number of hydrogen-bond donors (Lipinski definition) is 2. The fourth-order valence-corrected chi connectivity index (χ4v) is 2.91. The molecular weight excluding hydrogens is 292 g/mol. The molecule has 0 aromatic carbocycles. The summed E-state index contributed by atoms with van der Waals surface area (Å²) in [5.41, 5.74) is 0. The lowest BCUT2D eigenvalue weighted by Gasteiger charge is -2.22. The number of amides is 2. The smallest absolute Gasteiger partial charge is 0.326 e. The summed E-state index contributed by atoms with van der Waals surface area (Å²) in [4.78, 5) is 36.6. The molecule has 1 heterocycles. The number of anilines is 1. The summed E-state index contributed by atoms with van der Waals surface area (Å²) >= 11 is 1.17. The molecule has 1 aliphatic carbocycles. The summed E-state index contributed by atoms with van der Waals surface area (Å²) < 4.78 is 0. The average Bonchev–Trinajstić information content (AvgIpc) is 3.19. The second-order valence-corrected chi connectivity index (χ2v) is 6.19. The van der Waals surface area contributed by atoms with E-state index in [9.17, 15) is 14.4 Å². The Morgan fingerprint density at radius 1 is 1.43 bits per heavy atom. The second kappa shape index (κ2) is 6.26. The molecule has 0 bridgehead atoms. The highest BCUT2D eigenvalue weighted by Gasteiger charge is 2.30. The molecule has 0 aliphatic heterocycles. The van der Waals surface area contributed by atoms with Gasteiger partial charge in [-0.2, -0.15) is 0 Å². The van der Waals surface area contributed by atoms with Gasteiger partial charge in [-0.1, -0.05) is 6.92 Å². The van der Waals surface area contributed by atoms with Crippen molar-refractivity contribution in [1.29, 1.82) is 0 Å². The van der Waals surface area contributed by atoms with Crippen LogP contribution in [0, 0.1) is 5.92 Å². The summed E-state index contributed by atoms with van der Waals surface area (Å²) in [6.07, 6.45) is 2.18. The van der Waals surface area contributed by atoms with E-state index >= 15 is 0 Å². The molecule has 0 saturated heterocycles.